The van der Waals surface area contributed by atoms with E-state index in [1.54, 1.807) is 12.1 Å². The van der Waals surface area contributed by atoms with E-state index in [4.69, 9.17) is 15.2 Å². The molecular formula is C30H40N6O4. The molecule has 2 N–H and O–H groups in total. The second kappa shape index (κ2) is 13.8. The summed E-state index contributed by atoms with van der Waals surface area (Å²) >= 11 is 0. The topological polar surface area (TPSA) is 104 Å². The molecule has 0 unspecified atom stereocenters. The first-order valence-corrected chi connectivity index (χ1v) is 14.3. The predicted molar refractivity (Wildman–Crippen MR) is 159 cm³/mol. The van der Waals surface area contributed by atoms with Crippen molar-refractivity contribution in [1.82, 2.24) is 18.9 Å². The monoisotopic (exact) mass is 548 g/mol. The van der Waals surface area contributed by atoms with Crippen molar-refractivity contribution in [3.05, 3.63) is 71.0 Å². The van der Waals surface area contributed by atoms with Crippen LogP contribution >= 0.6 is 0 Å². The van der Waals surface area contributed by atoms with E-state index in [2.05, 4.69) is 37.3 Å². The number of morpholine rings is 2. The van der Waals surface area contributed by atoms with E-state index in [1.807, 2.05) is 30.5 Å². The molecule has 40 heavy (non-hydrogen) atoms. The molecule has 0 spiro atoms. The van der Waals surface area contributed by atoms with Crippen LogP contribution in [0.5, 0.6) is 0 Å². The Hall–Kier alpha value is -3.44. The Morgan fingerprint density at radius 3 is 1.75 bits per heavy atom. The van der Waals surface area contributed by atoms with E-state index >= 15 is 0 Å². The number of nitrogens with two attached hydrogens (primary N) is 1. The quantitative estimate of drug-likeness (QED) is 0.190. The molecule has 214 valence electrons. The summed E-state index contributed by atoms with van der Waals surface area (Å²) in [7, 11) is 0. The number of nitro benzene ring substituents is 1. The van der Waals surface area contributed by atoms with Gasteiger partial charge in [-0.2, -0.15) is 0 Å². The molecule has 10 nitrogen and oxygen atoms in total. The molecule has 2 aromatic heterocycles. The molecule has 2 aliphatic heterocycles. The largest absolute Gasteiger partial charge is 0.398 e. The van der Waals surface area contributed by atoms with Crippen molar-refractivity contribution < 1.29 is 14.4 Å². The summed E-state index contributed by atoms with van der Waals surface area (Å²) < 4.78 is 15.1. The van der Waals surface area contributed by atoms with Crippen LogP contribution < -0.4 is 5.73 Å². The van der Waals surface area contributed by atoms with Crippen LogP contribution in [0.1, 0.15) is 12.8 Å². The zero-order valence-electron chi connectivity index (χ0n) is 23.1. The van der Waals surface area contributed by atoms with Crippen molar-refractivity contribution in [2.45, 2.75) is 25.9 Å². The minimum atomic E-state index is -0.319. The minimum Gasteiger partial charge on any atom is -0.398 e. The third-order valence-corrected chi connectivity index (χ3v) is 7.79. The molecule has 0 atom stereocenters. The summed E-state index contributed by atoms with van der Waals surface area (Å²) in [5.41, 5.74) is 9.20. The van der Waals surface area contributed by atoms with Gasteiger partial charge in [0, 0.05) is 81.9 Å². The molecular weight excluding hydrogens is 508 g/mol. The highest BCUT2D eigenvalue weighted by molar-refractivity contribution is 5.91. The van der Waals surface area contributed by atoms with Crippen LogP contribution in [0, 0.1) is 10.1 Å². The number of benzene rings is 2. The Bertz CT molecular complexity index is 1390. The van der Waals surface area contributed by atoms with Crippen LogP contribution in [0.2, 0.25) is 0 Å². The van der Waals surface area contributed by atoms with Gasteiger partial charge in [-0.15, -0.1) is 0 Å². The standard InChI is InChI=1S/C15H19N3O3.C15H21N3O/c19-18(20)15-4-1-3-14-13(15)5-8-17(14)7-2-6-16-9-11-21-12-10-16;16-14-3-1-4-15-13(14)5-8-18(15)7-2-6-17-9-11-19-12-10-17/h1,3-5,8H,2,6-7,9-12H2;1,3-5,8H,2,6-7,9-12,16H2. The van der Waals surface area contributed by atoms with Crippen LogP contribution in [-0.2, 0) is 22.6 Å². The van der Waals surface area contributed by atoms with Gasteiger partial charge in [0.05, 0.1) is 47.8 Å². The van der Waals surface area contributed by atoms with Crippen molar-refractivity contribution in [3.8, 4) is 0 Å². The zero-order valence-corrected chi connectivity index (χ0v) is 23.1. The van der Waals surface area contributed by atoms with Crippen LogP contribution in [-0.4, -0.2) is 89.6 Å². The first-order valence-electron chi connectivity index (χ1n) is 14.3. The second-order valence-electron chi connectivity index (χ2n) is 10.4. The smallest absolute Gasteiger partial charge is 0.278 e. The number of aryl methyl sites for hydroxylation is 2. The number of hydrogen-bond donors (Lipinski definition) is 1. The molecule has 0 bridgehead atoms. The number of ether oxygens (including phenoxy) is 2. The fourth-order valence-corrected chi connectivity index (χ4v) is 5.58. The minimum absolute atomic E-state index is 0.180. The van der Waals surface area contributed by atoms with Gasteiger partial charge in [0.2, 0.25) is 0 Å². The van der Waals surface area contributed by atoms with Gasteiger partial charge in [-0.3, -0.25) is 19.9 Å². The fraction of sp³-hybridized carbons (Fsp3) is 0.467. The maximum Gasteiger partial charge on any atom is 0.278 e. The van der Waals surface area contributed by atoms with Crippen molar-refractivity contribution >= 4 is 33.2 Å². The highest BCUT2D eigenvalue weighted by Crippen LogP contribution is 2.26. The molecule has 0 saturated carbocycles. The van der Waals surface area contributed by atoms with Gasteiger partial charge in [0.25, 0.3) is 5.69 Å². The lowest BCUT2D eigenvalue weighted by Crippen LogP contribution is -2.37. The lowest BCUT2D eigenvalue weighted by Gasteiger charge is -2.26. The van der Waals surface area contributed by atoms with Crippen LogP contribution in [0.25, 0.3) is 21.8 Å². The van der Waals surface area contributed by atoms with Crippen molar-refractivity contribution in [3.63, 3.8) is 0 Å². The van der Waals surface area contributed by atoms with Gasteiger partial charge in [0.15, 0.2) is 0 Å². The number of aromatic nitrogens is 2. The molecule has 0 aliphatic carbocycles. The van der Waals surface area contributed by atoms with Crippen molar-refractivity contribution in [2.24, 2.45) is 0 Å². The average molecular weight is 549 g/mol. The van der Waals surface area contributed by atoms with E-state index < -0.39 is 0 Å². The zero-order chi connectivity index (χ0) is 27.7. The van der Waals surface area contributed by atoms with Crippen molar-refractivity contribution in [2.75, 3.05) is 71.4 Å². The molecule has 4 heterocycles. The molecule has 2 aromatic carbocycles. The third kappa shape index (κ3) is 7.00. The Kier molecular flexibility index (Phi) is 9.67. The first kappa shape index (κ1) is 28.1. The third-order valence-electron chi connectivity index (χ3n) is 7.79. The number of hydrogen-bond acceptors (Lipinski definition) is 7. The SMILES string of the molecule is Nc1cccc2c1ccn2CCCN1CCOCC1.O=[N+]([O-])c1cccc2c1ccn2CCCN1CCOCC1. The summed E-state index contributed by atoms with van der Waals surface area (Å²) in [5.74, 6) is 0. The van der Waals surface area contributed by atoms with Crippen LogP contribution in [0.15, 0.2) is 60.9 Å². The summed E-state index contributed by atoms with van der Waals surface area (Å²) in [6.07, 6.45) is 6.28. The highest BCUT2D eigenvalue weighted by atomic mass is 16.6. The van der Waals surface area contributed by atoms with Gasteiger partial charge in [-0.05, 0) is 43.2 Å². The average Bonchev–Trinajstić information content (AvgIpc) is 3.60. The number of nitrogen functional groups attached to an aromatic ring is 1. The molecule has 2 saturated heterocycles. The normalized spacial score (nSPS) is 16.7. The number of nitrogens with zero attached hydrogens (tertiary/aromatic N) is 5. The number of fused-ring (bicyclic) bond motifs is 2. The number of non-ortho nitro benzene ring substituents is 1. The predicted octanol–water partition coefficient (Wildman–Crippen LogP) is 4.22. The Labute approximate surface area is 235 Å². The van der Waals surface area contributed by atoms with E-state index in [-0.39, 0.29) is 10.6 Å². The van der Waals surface area contributed by atoms with Gasteiger partial charge in [0.1, 0.15) is 0 Å². The van der Waals surface area contributed by atoms with E-state index in [1.165, 1.54) is 11.9 Å². The highest BCUT2D eigenvalue weighted by Gasteiger charge is 2.14. The molecule has 0 radical (unpaired) electrons. The molecule has 2 fully saturated rings. The van der Waals surface area contributed by atoms with Gasteiger partial charge >= 0.3 is 0 Å². The van der Waals surface area contributed by atoms with Gasteiger partial charge in [-0.1, -0.05) is 12.1 Å². The molecule has 0 amide bonds. The lowest BCUT2D eigenvalue weighted by atomic mass is 10.2. The Morgan fingerprint density at radius 2 is 1.20 bits per heavy atom. The summed E-state index contributed by atoms with van der Waals surface area (Å²) in [4.78, 5) is 15.6. The van der Waals surface area contributed by atoms with Gasteiger partial charge in [-0.25, -0.2) is 0 Å². The maximum absolute atomic E-state index is 11.0. The molecule has 6 rings (SSSR count). The number of anilines is 1. The maximum atomic E-state index is 11.0. The van der Waals surface area contributed by atoms with E-state index in [0.717, 1.165) is 102 Å². The Balaban J connectivity index is 0.000000162. The Morgan fingerprint density at radius 1 is 0.700 bits per heavy atom. The fourth-order valence-electron chi connectivity index (χ4n) is 5.58. The van der Waals surface area contributed by atoms with Crippen LogP contribution in [0.3, 0.4) is 0 Å². The van der Waals surface area contributed by atoms with Gasteiger partial charge < -0.3 is 24.3 Å². The van der Waals surface area contributed by atoms with Crippen LogP contribution in [0.4, 0.5) is 11.4 Å². The lowest BCUT2D eigenvalue weighted by molar-refractivity contribution is -0.383. The van der Waals surface area contributed by atoms with E-state index in [0.29, 0.717) is 5.39 Å². The molecule has 4 aromatic rings. The first-order chi connectivity index (χ1) is 19.6. The summed E-state index contributed by atoms with van der Waals surface area (Å²) in [6.45, 7) is 11.6. The van der Waals surface area contributed by atoms with E-state index in [9.17, 15) is 10.1 Å². The summed E-state index contributed by atoms with van der Waals surface area (Å²) in [5, 5.41) is 12.9. The van der Waals surface area contributed by atoms with Crippen molar-refractivity contribution in [1.29, 1.82) is 0 Å². The number of rotatable bonds is 9. The molecule has 10 heteroatoms. The molecule has 2 aliphatic rings. The second-order valence-corrected chi connectivity index (χ2v) is 10.4. The summed E-state index contributed by atoms with van der Waals surface area (Å²) in [6, 6.07) is 15.3. The number of nitro groups is 1.